The molecule has 0 bridgehead atoms. The zero-order valence-corrected chi connectivity index (χ0v) is 21.3. The van der Waals surface area contributed by atoms with E-state index in [1.54, 1.807) is 24.5 Å². The lowest BCUT2D eigenvalue weighted by atomic mass is 9.84. The Bertz CT molecular complexity index is 1340. The third-order valence-electron chi connectivity index (χ3n) is 8.08. The topological polar surface area (TPSA) is 105 Å². The van der Waals surface area contributed by atoms with Crippen LogP contribution in [0.25, 0.3) is 11.0 Å². The Labute approximate surface area is 216 Å². The van der Waals surface area contributed by atoms with E-state index in [0.29, 0.717) is 36.2 Å². The van der Waals surface area contributed by atoms with Gasteiger partial charge in [-0.3, -0.25) is 5.41 Å². The van der Waals surface area contributed by atoms with E-state index in [2.05, 4.69) is 22.1 Å². The largest absolute Gasteiger partial charge is 0.401 e. The maximum atomic E-state index is 15.1. The normalized spacial score (nSPS) is 25.9. The summed E-state index contributed by atoms with van der Waals surface area (Å²) in [7, 11) is 1.69. The standard InChI is InChI=1S/C28H34FN7O/c1-37-15-19-12-21(14-32-19)36-28(31)26(27(30)17-5-3-2-4-6-17)23(34-36)10-7-18-11-24-25(13-22(18)29)35(16-33-24)20-8-9-20/h11,13,16-17,19-21,31-32H,2-6,8-9,12,14-15,30H2,1H3/b27-26+,31-28?/t19-,21+/m1/s1. The number of nitrogens with two attached hydrogens (primary N) is 1. The predicted octanol–water partition coefficient (Wildman–Crippen LogP) is 3.68. The van der Waals surface area contributed by atoms with Gasteiger partial charge in [0.25, 0.3) is 0 Å². The summed E-state index contributed by atoms with van der Waals surface area (Å²) >= 11 is 0. The van der Waals surface area contributed by atoms with Gasteiger partial charge in [-0.2, -0.15) is 5.10 Å². The fourth-order valence-electron chi connectivity index (χ4n) is 5.90. The average Bonchev–Trinajstić information content (AvgIpc) is 3.36. The van der Waals surface area contributed by atoms with Gasteiger partial charge in [-0.25, -0.2) is 14.4 Å². The summed E-state index contributed by atoms with van der Waals surface area (Å²) in [6.07, 6.45) is 10.3. The van der Waals surface area contributed by atoms with E-state index in [1.807, 2.05) is 4.57 Å². The lowest BCUT2D eigenvalue weighted by Crippen LogP contribution is -2.35. The van der Waals surface area contributed by atoms with Crippen LogP contribution in [0.1, 0.15) is 63.0 Å². The number of fused-ring (bicyclic) bond motifs is 1. The van der Waals surface area contributed by atoms with Gasteiger partial charge in [0.15, 0.2) is 5.84 Å². The van der Waals surface area contributed by atoms with E-state index < -0.39 is 0 Å². The van der Waals surface area contributed by atoms with E-state index in [9.17, 15) is 0 Å². The second-order valence-corrected chi connectivity index (χ2v) is 10.7. The highest BCUT2D eigenvalue weighted by Crippen LogP contribution is 2.37. The van der Waals surface area contributed by atoms with Crippen LogP contribution in [0.5, 0.6) is 0 Å². The van der Waals surface area contributed by atoms with Crippen molar-refractivity contribution in [1.29, 1.82) is 5.41 Å². The number of methoxy groups -OCH3 is 1. The summed E-state index contributed by atoms with van der Waals surface area (Å²) in [4.78, 5) is 4.47. The molecule has 1 aromatic heterocycles. The molecule has 2 saturated carbocycles. The summed E-state index contributed by atoms with van der Waals surface area (Å²) in [5, 5.41) is 19.0. The van der Waals surface area contributed by atoms with E-state index >= 15 is 4.39 Å². The number of hydrogen-bond donors (Lipinski definition) is 3. The van der Waals surface area contributed by atoms with Gasteiger partial charge in [0, 0.05) is 37.5 Å². The molecular weight excluding hydrogens is 469 g/mol. The Morgan fingerprint density at radius 2 is 2.00 bits per heavy atom. The van der Waals surface area contributed by atoms with Crippen LogP contribution >= 0.6 is 0 Å². The maximum absolute atomic E-state index is 15.1. The number of rotatable bonds is 5. The highest BCUT2D eigenvalue weighted by molar-refractivity contribution is 6.32. The van der Waals surface area contributed by atoms with Crippen LogP contribution in [0, 0.1) is 29.0 Å². The number of hydrazone groups is 1. The van der Waals surface area contributed by atoms with Crippen molar-refractivity contribution < 1.29 is 9.13 Å². The van der Waals surface area contributed by atoms with Gasteiger partial charge in [0.1, 0.15) is 11.5 Å². The van der Waals surface area contributed by atoms with E-state index in [-0.39, 0.29) is 35.2 Å². The first-order chi connectivity index (χ1) is 18.0. The Morgan fingerprint density at radius 3 is 2.76 bits per heavy atom. The second-order valence-electron chi connectivity index (χ2n) is 10.7. The quantitative estimate of drug-likeness (QED) is 0.540. The van der Waals surface area contributed by atoms with E-state index in [4.69, 9.17) is 21.0 Å². The van der Waals surface area contributed by atoms with Crippen LogP contribution in [-0.2, 0) is 4.74 Å². The number of ether oxygens (including phenoxy) is 1. The minimum Gasteiger partial charge on any atom is -0.401 e. The molecule has 0 spiro atoms. The van der Waals surface area contributed by atoms with E-state index in [0.717, 1.165) is 56.0 Å². The first-order valence-electron chi connectivity index (χ1n) is 13.4. The van der Waals surface area contributed by atoms with Crippen molar-refractivity contribution in [2.45, 2.75) is 69.5 Å². The maximum Gasteiger partial charge on any atom is 0.153 e. The molecule has 4 N–H and O–H groups in total. The number of benzene rings is 1. The van der Waals surface area contributed by atoms with Gasteiger partial charge >= 0.3 is 0 Å². The lowest BCUT2D eigenvalue weighted by Gasteiger charge is -2.25. The molecule has 3 fully saturated rings. The molecule has 0 unspecified atom stereocenters. The SMILES string of the molecule is COC[C@H]1C[C@H](N2N=C(C#Cc3cc4ncn(C5CC5)c4cc3F)/C(=C(\N)C3CCCCC3)C2=N)CN1. The van der Waals surface area contributed by atoms with Gasteiger partial charge in [-0.1, -0.05) is 25.2 Å². The number of amidine groups is 1. The monoisotopic (exact) mass is 503 g/mol. The molecule has 8 nitrogen and oxygen atoms in total. The summed E-state index contributed by atoms with van der Waals surface area (Å²) in [6, 6.07) is 3.89. The zero-order chi connectivity index (χ0) is 25.5. The van der Waals surface area contributed by atoms with Gasteiger partial charge in [0.2, 0.25) is 0 Å². The predicted molar refractivity (Wildman–Crippen MR) is 142 cm³/mol. The van der Waals surface area contributed by atoms with Crippen LogP contribution in [0.4, 0.5) is 4.39 Å². The van der Waals surface area contributed by atoms with Crippen LogP contribution in [0.3, 0.4) is 0 Å². The van der Waals surface area contributed by atoms with Crippen molar-refractivity contribution in [3.05, 3.63) is 41.1 Å². The van der Waals surface area contributed by atoms with Gasteiger partial charge in [0.05, 0.1) is 41.1 Å². The number of aromatic nitrogens is 2. The summed E-state index contributed by atoms with van der Waals surface area (Å²) in [5.41, 5.74) is 10.3. The molecule has 1 saturated heterocycles. The molecule has 0 amide bonds. The molecule has 6 rings (SSSR count). The Hall–Kier alpha value is -3.22. The lowest BCUT2D eigenvalue weighted by molar-refractivity contribution is 0.171. The van der Waals surface area contributed by atoms with Crippen molar-refractivity contribution in [2.24, 2.45) is 16.8 Å². The molecular formula is C28H34FN7O. The molecule has 4 aliphatic rings. The Balaban J connectivity index is 1.34. The number of halogens is 1. The molecule has 0 radical (unpaired) electrons. The minimum absolute atomic E-state index is 0.0144. The molecule has 2 atom stereocenters. The summed E-state index contributed by atoms with van der Waals surface area (Å²) in [5.74, 6) is 6.23. The van der Waals surface area contributed by atoms with E-state index in [1.165, 1.54) is 12.5 Å². The van der Waals surface area contributed by atoms with Crippen molar-refractivity contribution in [2.75, 3.05) is 20.3 Å². The Kier molecular flexibility index (Phi) is 6.47. The third-order valence-corrected chi connectivity index (χ3v) is 8.08. The number of allylic oxidation sites excluding steroid dienone is 1. The van der Waals surface area contributed by atoms with Crippen LogP contribution in [0.2, 0.25) is 0 Å². The second kappa shape index (κ2) is 9.92. The molecule has 194 valence electrons. The Morgan fingerprint density at radius 1 is 1.19 bits per heavy atom. The van der Waals surface area contributed by atoms with Crippen molar-refractivity contribution in [3.63, 3.8) is 0 Å². The molecule has 9 heteroatoms. The number of hydrogen-bond acceptors (Lipinski definition) is 6. The summed E-state index contributed by atoms with van der Waals surface area (Å²) in [6.45, 7) is 1.31. The first-order valence-corrected chi connectivity index (χ1v) is 13.4. The summed E-state index contributed by atoms with van der Waals surface area (Å²) < 4.78 is 22.5. The molecule has 1 aromatic carbocycles. The van der Waals surface area contributed by atoms with Crippen molar-refractivity contribution in [1.82, 2.24) is 19.9 Å². The smallest absolute Gasteiger partial charge is 0.153 e. The van der Waals surface area contributed by atoms with Gasteiger partial charge in [-0.15, -0.1) is 0 Å². The number of nitrogens with one attached hydrogen (secondary N) is 2. The van der Waals surface area contributed by atoms with Crippen molar-refractivity contribution >= 4 is 22.6 Å². The molecule has 3 heterocycles. The number of nitrogens with zero attached hydrogens (tertiary/aromatic N) is 4. The molecule has 2 aliphatic heterocycles. The highest BCUT2D eigenvalue weighted by Gasteiger charge is 2.38. The van der Waals surface area contributed by atoms with Crippen molar-refractivity contribution in [3.8, 4) is 11.8 Å². The van der Waals surface area contributed by atoms with Crippen LogP contribution < -0.4 is 11.1 Å². The average molecular weight is 504 g/mol. The zero-order valence-electron chi connectivity index (χ0n) is 21.3. The van der Waals surface area contributed by atoms with Gasteiger partial charge < -0.3 is 20.4 Å². The minimum atomic E-state index is -0.374. The molecule has 2 aliphatic carbocycles. The highest BCUT2D eigenvalue weighted by atomic mass is 19.1. The third kappa shape index (κ3) is 4.64. The molecule has 37 heavy (non-hydrogen) atoms. The van der Waals surface area contributed by atoms with Crippen LogP contribution in [-0.4, -0.2) is 58.5 Å². The first kappa shape index (κ1) is 24.1. The van der Waals surface area contributed by atoms with Crippen LogP contribution in [0.15, 0.2) is 34.8 Å². The number of imidazole rings is 1. The fourth-order valence-corrected chi connectivity index (χ4v) is 5.90. The fraction of sp³-hybridized carbons (Fsp3) is 0.536. The van der Waals surface area contributed by atoms with Gasteiger partial charge in [-0.05, 0) is 50.0 Å². The molecule has 2 aromatic rings.